The van der Waals surface area contributed by atoms with Crippen LogP contribution in [0.15, 0.2) is 60.7 Å². The number of nitrogens with one attached hydrogen (secondary N) is 1. The lowest BCUT2D eigenvalue weighted by molar-refractivity contribution is -0.123. The number of allylic oxidation sites excluding steroid dienone is 2. The van der Waals surface area contributed by atoms with Gasteiger partial charge in [-0.2, -0.15) is 0 Å². The largest absolute Gasteiger partial charge is 0.478 e. The number of amides is 3. The lowest BCUT2D eigenvalue weighted by Crippen LogP contribution is -2.32. The van der Waals surface area contributed by atoms with Crippen LogP contribution < -0.4 is 10.2 Å². The molecule has 1 saturated heterocycles. The number of imide groups is 1. The number of nitrogens with zero attached hydrogens (tertiary/aromatic N) is 1. The second kappa shape index (κ2) is 6.66. The van der Waals surface area contributed by atoms with Gasteiger partial charge in [-0.15, -0.1) is 0 Å². The number of fused-ring (bicyclic) bond motifs is 5. The fourth-order valence-electron chi connectivity index (χ4n) is 4.89. The standard InChI is InChI=1S/C23H18N2O5/c26-20(24-17-4-2-1-3-16(17)23(29)30)12-7-9-15(10-8-12)25-21(27)18-13-5-6-14(11-13)19(18)22(25)28/h1-10,13-14,18-19H,11H2,(H,24,26)(H,29,30)/t13-,14-,18-,19+/m1/s1. The van der Waals surface area contributed by atoms with Gasteiger partial charge >= 0.3 is 5.97 Å². The van der Waals surface area contributed by atoms with E-state index in [9.17, 15) is 24.3 Å². The Balaban J connectivity index is 1.35. The van der Waals surface area contributed by atoms with Crippen LogP contribution in [0.2, 0.25) is 0 Å². The topological polar surface area (TPSA) is 104 Å². The van der Waals surface area contributed by atoms with Gasteiger partial charge in [-0.1, -0.05) is 24.3 Å². The molecule has 1 saturated carbocycles. The van der Waals surface area contributed by atoms with Crippen molar-refractivity contribution in [2.24, 2.45) is 23.7 Å². The van der Waals surface area contributed by atoms with Crippen LogP contribution in [0.4, 0.5) is 11.4 Å². The highest BCUT2D eigenvalue weighted by Gasteiger charge is 2.59. The Morgan fingerprint density at radius 1 is 0.900 bits per heavy atom. The number of carboxylic acid groups (broad SMARTS) is 1. The van der Waals surface area contributed by atoms with Gasteiger partial charge in [0.15, 0.2) is 0 Å². The number of aromatic carboxylic acids is 1. The predicted octanol–water partition coefficient (Wildman–Crippen LogP) is 2.95. The van der Waals surface area contributed by atoms with Crippen molar-refractivity contribution in [2.45, 2.75) is 6.42 Å². The number of anilines is 2. The van der Waals surface area contributed by atoms with Crippen molar-refractivity contribution in [3.8, 4) is 0 Å². The molecule has 30 heavy (non-hydrogen) atoms. The van der Waals surface area contributed by atoms with E-state index in [1.54, 1.807) is 24.3 Å². The smallest absolute Gasteiger partial charge is 0.337 e. The van der Waals surface area contributed by atoms with Crippen LogP contribution in [0.1, 0.15) is 27.1 Å². The van der Waals surface area contributed by atoms with E-state index in [2.05, 4.69) is 5.32 Å². The van der Waals surface area contributed by atoms with Crippen LogP contribution in [0.3, 0.4) is 0 Å². The van der Waals surface area contributed by atoms with Crippen molar-refractivity contribution in [3.63, 3.8) is 0 Å². The molecular weight excluding hydrogens is 384 g/mol. The van der Waals surface area contributed by atoms with E-state index in [-0.39, 0.29) is 46.7 Å². The van der Waals surface area contributed by atoms with E-state index < -0.39 is 11.9 Å². The summed E-state index contributed by atoms with van der Waals surface area (Å²) in [7, 11) is 0. The number of hydrogen-bond acceptors (Lipinski definition) is 4. The second-order valence-electron chi connectivity index (χ2n) is 7.86. The third kappa shape index (κ3) is 2.66. The van der Waals surface area contributed by atoms with Crippen LogP contribution in [-0.4, -0.2) is 28.8 Å². The third-order valence-corrected chi connectivity index (χ3v) is 6.26. The highest BCUT2D eigenvalue weighted by atomic mass is 16.4. The van der Waals surface area contributed by atoms with Crippen molar-refractivity contribution >= 4 is 35.1 Å². The SMILES string of the molecule is O=C(Nc1ccccc1C(=O)O)c1ccc(N2C(=O)[C@@H]3[C@H](C2=O)[C@@H]2C=C[C@@H]3C2)cc1. The summed E-state index contributed by atoms with van der Waals surface area (Å²) in [6.07, 6.45) is 4.96. The molecule has 4 atom stereocenters. The molecule has 0 unspecified atom stereocenters. The van der Waals surface area contributed by atoms with Gasteiger partial charge in [-0.25, -0.2) is 4.79 Å². The number of benzene rings is 2. The molecule has 2 bridgehead atoms. The Morgan fingerprint density at radius 2 is 1.50 bits per heavy atom. The van der Waals surface area contributed by atoms with Gasteiger partial charge in [0, 0.05) is 5.56 Å². The Labute approximate surface area is 172 Å². The lowest BCUT2D eigenvalue weighted by atomic mass is 9.85. The maximum atomic E-state index is 12.9. The van der Waals surface area contributed by atoms with Gasteiger partial charge in [-0.3, -0.25) is 19.3 Å². The molecule has 1 aliphatic heterocycles. The first-order valence-electron chi connectivity index (χ1n) is 9.75. The van der Waals surface area contributed by atoms with Crippen LogP contribution in [0.5, 0.6) is 0 Å². The molecule has 2 fully saturated rings. The van der Waals surface area contributed by atoms with E-state index in [1.807, 2.05) is 12.2 Å². The molecule has 2 N–H and O–H groups in total. The molecule has 2 aliphatic carbocycles. The molecule has 150 valence electrons. The van der Waals surface area contributed by atoms with E-state index in [4.69, 9.17) is 0 Å². The molecule has 7 nitrogen and oxygen atoms in total. The van der Waals surface area contributed by atoms with Crippen LogP contribution >= 0.6 is 0 Å². The van der Waals surface area contributed by atoms with Gasteiger partial charge in [0.05, 0.1) is 28.8 Å². The van der Waals surface area contributed by atoms with Crippen molar-refractivity contribution in [1.29, 1.82) is 0 Å². The van der Waals surface area contributed by atoms with Crippen molar-refractivity contribution in [1.82, 2.24) is 0 Å². The second-order valence-corrected chi connectivity index (χ2v) is 7.86. The highest BCUT2D eigenvalue weighted by molar-refractivity contribution is 6.23. The number of rotatable bonds is 4. The monoisotopic (exact) mass is 402 g/mol. The predicted molar refractivity (Wildman–Crippen MR) is 108 cm³/mol. The van der Waals surface area contributed by atoms with Gasteiger partial charge < -0.3 is 10.4 Å². The summed E-state index contributed by atoms with van der Waals surface area (Å²) in [4.78, 5) is 50.9. The molecule has 5 rings (SSSR count). The average Bonchev–Trinajstić information content (AvgIpc) is 3.42. The molecule has 2 aromatic rings. The van der Waals surface area contributed by atoms with E-state index >= 15 is 0 Å². The number of carbonyl (C=O) groups is 4. The summed E-state index contributed by atoms with van der Waals surface area (Å²) >= 11 is 0. The fourth-order valence-corrected chi connectivity index (χ4v) is 4.89. The Bertz CT molecular complexity index is 1090. The fraction of sp³-hybridized carbons (Fsp3) is 0.217. The summed E-state index contributed by atoms with van der Waals surface area (Å²) in [5.74, 6) is -2.23. The quantitative estimate of drug-likeness (QED) is 0.605. The number of carboxylic acids is 1. The average molecular weight is 402 g/mol. The summed E-state index contributed by atoms with van der Waals surface area (Å²) in [5.41, 5.74) is 0.923. The van der Waals surface area contributed by atoms with Crippen LogP contribution in [0, 0.1) is 23.7 Å². The first-order chi connectivity index (χ1) is 14.5. The zero-order valence-electron chi connectivity index (χ0n) is 15.8. The Morgan fingerprint density at radius 3 is 2.10 bits per heavy atom. The normalized spacial score (nSPS) is 26.2. The molecule has 3 amide bonds. The third-order valence-electron chi connectivity index (χ3n) is 6.26. The number of hydrogen-bond donors (Lipinski definition) is 2. The molecule has 0 radical (unpaired) electrons. The molecule has 2 aromatic carbocycles. The van der Waals surface area contributed by atoms with Crippen LogP contribution in [0.25, 0.3) is 0 Å². The van der Waals surface area contributed by atoms with Gasteiger partial charge in [-0.05, 0) is 54.7 Å². The molecule has 1 heterocycles. The zero-order chi connectivity index (χ0) is 21.0. The molecule has 0 aromatic heterocycles. The summed E-state index contributed by atoms with van der Waals surface area (Å²) < 4.78 is 0. The summed E-state index contributed by atoms with van der Waals surface area (Å²) in [6, 6.07) is 12.3. The van der Waals surface area contributed by atoms with Gasteiger partial charge in [0.2, 0.25) is 11.8 Å². The van der Waals surface area contributed by atoms with Crippen LogP contribution in [-0.2, 0) is 9.59 Å². The molecular formula is C23H18N2O5. The summed E-state index contributed by atoms with van der Waals surface area (Å²) in [5, 5.41) is 11.8. The van der Waals surface area contributed by atoms with Crippen molar-refractivity contribution < 1.29 is 24.3 Å². The Kier molecular flexibility index (Phi) is 4.06. The molecule has 3 aliphatic rings. The minimum Gasteiger partial charge on any atom is -0.478 e. The zero-order valence-corrected chi connectivity index (χ0v) is 15.8. The van der Waals surface area contributed by atoms with E-state index in [1.165, 1.54) is 29.2 Å². The minimum absolute atomic E-state index is 0.00879. The maximum Gasteiger partial charge on any atom is 0.337 e. The van der Waals surface area contributed by atoms with E-state index in [0.717, 1.165) is 6.42 Å². The van der Waals surface area contributed by atoms with E-state index in [0.29, 0.717) is 11.3 Å². The van der Waals surface area contributed by atoms with Gasteiger partial charge in [0.25, 0.3) is 5.91 Å². The molecule has 7 heteroatoms. The van der Waals surface area contributed by atoms with Crippen molar-refractivity contribution in [3.05, 3.63) is 71.8 Å². The highest BCUT2D eigenvalue weighted by Crippen LogP contribution is 2.53. The number of carbonyl (C=O) groups excluding carboxylic acids is 3. The molecule has 0 spiro atoms. The lowest BCUT2D eigenvalue weighted by Gasteiger charge is -2.17. The van der Waals surface area contributed by atoms with Gasteiger partial charge in [0.1, 0.15) is 0 Å². The van der Waals surface area contributed by atoms with Crippen molar-refractivity contribution in [2.75, 3.05) is 10.2 Å². The Hall–Kier alpha value is -3.74. The first kappa shape index (κ1) is 18.3. The number of para-hydroxylation sites is 1. The summed E-state index contributed by atoms with van der Waals surface area (Å²) in [6.45, 7) is 0. The maximum absolute atomic E-state index is 12.9. The minimum atomic E-state index is -1.14. The first-order valence-corrected chi connectivity index (χ1v) is 9.75.